The number of oxime groups is 1. The third kappa shape index (κ3) is 6.04. The Morgan fingerprint density at radius 2 is 1.81 bits per heavy atom. The molecule has 2 rings (SSSR count). The molecule has 0 atom stereocenters. The van der Waals surface area contributed by atoms with Crippen molar-refractivity contribution in [2.75, 3.05) is 20.3 Å². The van der Waals surface area contributed by atoms with Crippen molar-refractivity contribution < 1.29 is 27.8 Å². The lowest BCUT2D eigenvalue weighted by Crippen LogP contribution is -2.15. The highest BCUT2D eigenvalue weighted by Crippen LogP contribution is 2.32. The molecule has 0 unspecified atom stereocenters. The molecular formula is C17H16Cl2F2N2O4. The maximum absolute atomic E-state index is 12.3. The summed E-state index contributed by atoms with van der Waals surface area (Å²) in [6.45, 7) is -2.76. The lowest BCUT2D eigenvalue weighted by atomic mass is 10.2. The number of methoxy groups -OCH3 is 1. The van der Waals surface area contributed by atoms with Crippen LogP contribution in [0.2, 0.25) is 10.0 Å². The zero-order valence-corrected chi connectivity index (χ0v) is 15.6. The molecule has 0 fully saturated rings. The summed E-state index contributed by atoms with van der Waals surface area (Å²) in [4.78, 5) is 5.08. The van der Waals surface area contributed by atoms with Gasteiger partial charge in [-0.05, 0) is 30.3 Å². The van der Waals surface area contributed by atoms with Gasteiger partial charge in [-0.15, -0.1) is 0 Å². The lowest BCUT2D eigenvalue weighted by molar-refractivity contribution is -0.0512. The average Bonchev–Trinajstić information content (AvgIpc) is 2.63. The van der Waals surface area contributed by atoms with Crippen LogP contribution in [0.4, 0.5) is 8.78 Å². The Kier molecular flexibility index (Phi) is 7.75. The van der Waals surface area contributed by atoms with Crippen LogP contribution in [0, 0.1) is 0 Å². The van der Waals surface area contributed by atoms with E-state index in [4.69, 9.17) is 43.2 Å². The van der Waals surface area contributed by atoms with Gasteiger partial charge in [-0.25, -0.2) is 0 Å². The summed E-state index contributed by atoms with van der Waals surface area (Å²) in [6.07, 6.45) is 0. The Balaban J connectivity index is 1.92. The SMILES string of the molecule is COc1cc(/C(N)=N/OCCOc2c(Cl)cccc2Cl)ccc1OC(F)F. The molecule has 0 bridgehead atoms. The van der Waals surface area contributed by atoms with Crippen LogP contribution in [-0.2, 0) is 4.84 Å². The van der Waals surface area contributed by atoms with Gasteiger partial charge in [-0.2, -0.15) is 8.78 Å². The summed E-state index contributed by atoms with van der Waals surface area (Å²) in [5.41, 5.74) is 6.21. The minimum absolute atomic E-state index is 0.0210. The summed E-state index contributed by atoms with van der Waals surface area (Å²) in [5.74, 6) is 0.339. The number of nitrogens with two attached hydrogens (primary N) is 1. The zero-order chi connectivity index (χ0) is 19.8. The molecule has 0 saturated heterocycles. The number of hydrogen-bond acceptors (Lipinski definition) is 5. The summed E-state index contributed by atoms with van der Waals surface area (Å²) in [7, 11) is 1.32. The molecule has 2 aromatic carbocycles. The van der Waals surface area contributed by atoms with E-state index in [2.05, 4.69) is 9.89 Å². The Morgan fingerprint density at radius 3 is 2.44 bits per heavy atom. The first-order valence-electron chi connectivity index (χ1n) is 7.57. The van der Waals surface area contributed by atoms with E-state index in [1.807, 2.05) is 0 Å². The fraction of sp³-hybridized carbons (Fsp3) is 0.235. The standard InChI is InChI=1S/C17H16Cl2F2N2O4/c1-24-14-9-10(5-6-13(14)27-17(20)21)16(22)23-26-8-7-25-15-11(18)3-2-4-12(15)19/h2-6,9,17H,7-8H2,1H3,(H2,22,23). The number of ether oxygens (including phenoxy) is 3. The van der Waals surface area contributed by atoms with E-state index >= 15 is 0 Å². The van der Waals surface area contributed by atoms with Crippen LogP contribution in [0.1, 0.15) is 5.56 Å². The molecule has 146 valence electrons. The molecule has 0 spiro atoms. The van der Waals surface area contributed by atoms with Crippen LogP contribution in [0.5, 0.6) is 17.2 Å². The number of benzene rings is 2. The van der Waals surface area contributed by atoms with E-state index < -0.39 is 6.61 Å². The Labute approximate surface area is 164 Å². The highest BCUT2D eigenvalue weighted by atomic mass is 35.5. The number of amidine groups is 1. The van der Waals surface area contributed by atoms with Gasteiger partial charge in [0.05, 0.1) is 17.2 Å². The van der Waals surface area contributed by atoms with Crippen molar-refractivity contribution in [1.29, 1.82) is 0 Å². The summed E-state index contributed by atoms with van der Waals surface area (Å²) >= 11 is 12.0. The van der Waals surface area contributed by atoms with Crippen molar-refractivity contribution in [2.45, 2.75) is 6.61 Å². The number of rotatable bonds is 9. The van der Waals surface area contributed by atoms with Gasteiger partial charge < -0.3 is 24.8 Å². The highest BCUT2D eigenvalue weighted by molar-refractivity contribution is 6.37. The molecule has 0 amide bonds. The molecule has 0 aliphatic carbocycles. The Morgan fingerprint density at radius 1 is 1.11 bits per heavy atom. The van der Waals surface area contributed by atoms with E-state index in [0.717, 1.165) is 0 Å². The quantitative estimate of drug-likeness (QED) is 0.283. The van der Waals surface area contributed by atoms with Gasteiger partial charge in [0.1, 0.15) is 6.61 Å². The van der Waals surface area contributed by atoms with E-state index in [9.17, 15) is 8.78 Å². The van der Waals surface area contributed by atoms with Crippen LogP contribution in [0.15, 0.2) is 41.6 Å². The van der Waals surface area contributed by atoms with Crippen molar-refractivity contribution in [3.63, 3.8) is 0 Å². The molecule has 10 heteroatoms. The van der Waals surface area contributed by atoms with E-state index in [-0.39, 0.29) is 30.5 Å². The van der Waals surface area contributed by atoms with Crippen LogP contribution in [0.3, 0.4) is 0 Å². The third-order valence-electron chi connectivity index (χ3n) is 3.18. The Hall–Kier alpha value is -2.45. The molecule has 27 heavy (non-hydrogen) atoms. The maximum Gasteiger partial charge on any atom is 0.387 e. The number of halogens is 4. The Bertz CT molecular complexity index is 786. The van der Waals surface area contributed by atoms with Crippen molar-refractivity contribution in [1.82, 2.24) is 0 Å². The smallest absolute Gasteiger partial charge is 0.387 e. The van der Waals surface area contributed by atoms with Crippen molar-refractivity contribution in [3.8, 4) is 17.2 Å². The molecule has 0 aliphatic rings. The van der Waals surface area contributed by atoms with Gasteiger partial charge in [0.2, 0.25) is 0 Å². The minimum atomic E-state index is -2.97. The van der Waals surface area contributed by atoms with Gasteiger partial charge in [0.15, 0.2) is 29.7 Å². The topological polar surface area (TPSA) is 75.3 Å². The summed E-state index contributed by atoms with van der Waals surface area (Å²) < 4.78 is 39.4. The lowest BCUT2D eigenvalue weighted by Gasteiger charge is -2.11. The maximum atomic E-state index is 12.3. The van der Waals surface area contributed by atoms with Crippen LogP contribution < -0.4 is 19.9 Å². The normalized spacial score (nSPS) is 11.4. The predicted molar refractivity (Wildman–Crippen MR) is 98.3 cm³/mol. The van der Waals surface area contributed by atoms with Gasteiger partial charge in [-0.3, -0.25) is 0 Å². The van der Waals surface area contributed by atoms with E-state index in [0.29, 0.717) is 21.4 Å². The average molecular weight is 421 g/mol. The molecular weight excluding hydrogens is 405 g/mol. The molecule has 0 saturated carbocycles. The molecule has 0 heterocycles. The zero-order valence-electron chi connectivity index (χ0n) is 14.1. The molecule has 6 nitrogen and oxygen atoms in total. The molecule has 0 radical (unpaired) electrons. The summed E-state index contributed by atoms with van der Waals surface area (Å²) in [6, 6.07) is 9.14. The minimum Gasteiger partial charge on any atom is -0.493 e. The van der Waals surface area contributed by atoms with Crippen molar-refractivity contribution >= 4 is 29.0 Å². The monoisotopic (exact) mass is 420 g/mol. The number of alkyl halides is 2. The molecule has 2 aromatic rings. The number of hydrogen-bond donors (Lipinski definition) is 1. The predicted octanol–water partition coefficient (Wildman–Crippen LogP) is 4.32. The number of para-hydroxylation sites is 1. The van der Waals surface area contributed by atoms with Gasteiger partial charge >= 0.3 is 6.61 Å². The van der Waals surface area contributed by atoms with Crippen molar-refractivity contribution in [2.24, 2.45) is 10.9 Å². The van der Waals surface area contributed by atoms with Crippen molar-refractivity contribution in [3.05, 3.63) is 52.0 Å². The van der Waals surface area contributed by atoms with Crippen LogP contribution in [-0.4, -0.2) is 32.8 Å². The van der Waals surface area contributed by atoms with E-state index in [1.165, 1.54) is 25.3 Å². The second-order valence-electron chi connectivity index (χ2n) is 4.95. The van der Waals surface area contributed by atoms with E-state index in [1.54, 1.807) is 18.2 Å². The van der Waals surface area contributed by atoms with Gasteiger partial charge in [-0.1, -0.05) is 34.4 Å². The molecule has 0 aromatic heterocycles. The highest BCUT2D eigenvalue weighted by Gasteiger charge is 2.12. The number of nitrogens with zero attached hydrogens (tertiary/aromatic N) is 1. The molecule has 2 N–H and O–H groups in total. The van der Waals surface area contributed by atoms with Crippen LogP contribution in [0.25, 0.3) is 0 Å². The fourth-order valence-electron chi connectivity index (χ4n) is 1.99. The first-order valence-corrected chi connectivity index (χ1v) is 8.33. The first kappa shape index (κ1) is 20.9. The van der Waals surface area contributed by atoms with Gasteiger partial charge in [0, 0.05) is 5.56 Å². The first-order chi connectivity index (χ1) is 12.9. The van der Waals surface area contributed by atoms with Crippen LogP contribution >= 0.6 is 23.2 Å². The van der Waals surface area contributed by atoms with Gasteiger partial charge in [0.25, 0.3) is 0 Å². The largest absolute Gasteiger partial charge is 0.493 e. The second kappa shape index (κ2) is 10.0. The second-order valence-corrected chi connectivity index (χ2v) is 5.77. The third-order valence-corrected chi connectivity index (χ3v) is 3.77. The molecule has 0 aliphatic heterocycles. The fourth-order valence-corrected chi connectivity index (χ4v) is 2.50. The summed E-state index contributed by atoms with van der Waals surface area (Å²) in [5, 5.41) is 4.50.